The number of aromatic nitrogens is 8. The molecule has 12 nitrogen and oxygen atoms in total. The summed E-state index contributed by atoms with van der Waals surface area (Å²) in [6.45, 7) is 20.6. The van der Waals surface area contributed by atoms with Gasteiger partial charge in [0.1, 0.15) is 16.8 Å². The Bertz CT molecular complexity index is 2490. The van der Waals surface area contributed by atoms with Crippen molar-refractivity contribution in [2.45, 2.75) is 111 Å². The standard InChI is InChI=1S/C24H33Cl2N5OSSi.C18H20Cl2N6S/c1-24(2)9-11-30(12-10-24)23-29-21-22(31(23)16-32-13-14-34(3,4)5)27-15-19(28-21)33-18-8-6-7-17(25)20(18)26;1-10-16(27-12-5-3-4-11(19)13(12)20)23-15-14(22-10)24-17(25-15)26-8-6-18(2,21)7-9-26/h6-8,15H,9-14,16H2,1-5H3;3-5H,6-9,21H2,1-2H3,(H,22,23,24,25). The molecule has 61 heavy (non-hydrogen) atoms. The molecule has 2 aliphatic rings. The highest BCUT2D eigenvalue weighted by atomic mass is 35.5. The molecule has 2 aliphatic heterocycles. The molecular weight excluding hydrogens is 909 g/mol. The summed E-state index contributed by atoms with van der Waals surface area (Å²) in [5.74, 6) is 1.68. The fourth-order valence-electron chi connectivity index (χ4n) is 6.84. The number of hydrogen-bond donors (Lipinski definition) is 2. The highest BCUT2D eigenvalue weighted by molar-refractivity contribution is 7.99. The molecule has 0 radical (unpaired) electrons. The minimum Gasteiger partial charge on any atom is -0.361 e. The SMILES string of the molecule is CC1(C)CCN(c2nc3nc(Sc4cccc(Cl)c4Cl)cnc3n2COCC[Si](C)(C)C)CC1.Cc1nc2[nH]c(N3CCC(C)(N)CC3)nc2nc1Sc1cccc(Cl)c1Cl. The molecule has 0 amide bonds. The number of aryl methyl sites for hydroxylation is 1. The van der Waals surface area contributed by atoms with E-state index < -0.39 is 8.07 Å². The van der Waals surface area contributed by atoms with Crippen LogP contribution in [0.3, 0.4) is 0 Å². The summed E-state index contributed by atoms with van der Waals surface area (Å²) in [7, 11) is -1.16. The van der Waals surface area contributed by atoms with Crippen molar-refractivity contribution >= 4 is 112 Å². The molecule has 0 bridgehead atoms. The smallest absolute Gasteiger partial charge is 0.211 e. The Morgan fingerprint density at radius 3 is 2.05 bits per heavy atom. The van der Waals surface area contributed by atoms with Gasteiger partial charge in [-0.15, -0.1) is 0 Å². The molecule has 0 aliphatic carbocycles. The van der Waals surface area contributed by atoms with E-state index in [1.165, 1.54) is 23.5 Å². The molecule has 4 aromatic heterocycles. The van der Waals surface area contributed by atoms with Gasteiger partial charge in [-0.2, -0.15) is 9.97 Å². The predicted octanol–water partition coefficient (Wildman–Crippen LogP) is 11.7. The fraction of sp³-hybridized carbons (Fsp3) is 0.476. The molecule has 0 spiro atoms. The van der Waals surface area contributed by atoms with Gasteiger partial charge < -0.3 is 25.3 Å². The van der Waals surface area contributed by atoms with E-state index in [2.05, 4.69) is 74.7 Å². The Morgan fingerprint density at radius 1 is 0.787 bits per heavy atom. The van der Waals surface area contributed by atoms with Gasteiger partial charge in [-0.3, -0.25) is 4.57 Å². The lowest BCUT2D eigenvalue weighted by atomic mass is 9.83. The van der Waals surface area contributed by atoms with Crippen LogP contribution in [0, 0.1) is 12.3 Å². The summed E-state index contributed by atoms with van der Waals surface area (Å²) < 4.78 is 8.19. The van der Waals surface area contributed by atoms with Crippen LogP contribution in [0.15, 0.2) is 62.4 Å². The first-order chi connectivity index (χ1) is 28.8. The lowest BCUT2D eigenvalue weighted by molar-refractivity contribution is 0.0899. The van der Waals surface area contributed by atoms with Gasteiger partial charge in [0, 0.05) is 56.2 Å². The van der Waals surface area contributed by atoms with Crippen LogP contribution in [-0.4, -0.2) is 85.9 Å². The molecule has 2 saturated heterocycles. The van der Waals surface area contributed by atoms with Crippen LogP contribution in [0.4, 0.5) is 11.9 Å². The van der Waals surface area contributed by atoms with E-state index in [9.17, 15) is 0 Å². The van der Waals surface area contributed by atoms with Gasteiger partial charge >= 0.3 is 0 Å². The van der Waals surface area contributed by atoms with E-state index in [0.29, 0.717) is 49.2 Å². The highest BCUT2D eigenvalue weighted by Gasteiger charge is 2.30. The van der Waals surface area contributed by atoms with Gasteiger partial charge in [0.15, 0.2) is 16.9 Å². The Balaban J connectivity index is 0.000000189. The van der Waals surface area contributed by atoms with Crippen LogP contribution in [0.25, 0.3) is 22.6 Å². The molecule has 19 heteroatoms. The van der Waals surface area contributed by atoms with Crippen LogP contribution < -0.4 is 15.5 Å². The van der Waals surface area contributed by atoms with Crippen molar-refractivity contribution in [3.05, 3.63) is 68.4 Å². The zero-order valence-corrected chi connectivity index (χ0v) is 41.3. The average Bonchev–Trinajstić information content (AvgIpc) is 3.77. The van der Waals surface area contributed by atoms with Crippen molar-refractivity contribution in [3.63, 3.8) is 0 Å². The Kier molecular flexibility index (Phi) is 14.4. The molecule has 6 aromatic rings. The third kappa shape index (κ3) is 11.6. The maximum Gasteiger partial charge on any atom is 0.211 e. The number of ether oxygens (including phenoxy) is 1. The Morgan fingerprint density at radius 2 is 1.41 bits per heavy atom. The summed E-state index contributed by atoms with van der Waals surface area (Å²) in [5, 5.41) is 3.58. The van der Waals surface area contributed by atoms with E-state index in [1.54, 1.807) is 18.3 Å². The molecule has 0 unspecified atom stereocenters. The Hall–Kier alpha value is -2.86. The molecule has 326 valence electrons. The van der Waals surface area contributed by atoms with Crippen LogP contribution in [0.5, 0.6) is 0 Å². The molecular formula is C42H53Cl4N11OS2Si. The number of benzene rings is 2. The third-order valence-electron chi connectivity index (χ3n) is 10.9. The van der Waals surface area contributed by atoms with E-state index in [4.69, 9.17) is 71.8 Å². The number of nitrogens with zero attached hydrogens (tertiary/aromatic N) is 9. The normalized spacial score (nSPS) is 16.6. The number of anilines is 2. The topological polar surface area (TPSA) is 140 Å². The van der Waals surface area contributed by atoms with Gasteiger partial charge in [-0.05, 0) is 75.3 Å². The third-order valence-corrected chi connectivity index (χ3v) is 16.6. The average molecular weight is 962 g/mol. The second-order valence-electron chi connectivity index (χ2n) is 18.0. The van der Waals surface area contributed by atoms with E-state index in [0.717, 1.165) is 108 Å². The number of hydrogen-bond acceptors (Lipinski definition) is 12. The number of halogens is 4. The summed E-state index contributed by atoms with van der Waals surface area (Å²) in [6.07, 6.45) is 5.88. The predicted molar refractivity (Wildman–Crippen MR) is 256 cm³/mol. The number of nitrogens with one attached hydrogen (secondary N) is 1. The second kappa shape index (κ2) is 19.1. The van der Waals surface area contributed by atoms with Gasteiger partial charge in [0.25, 0.3) is 0 Å². The number of nitrogens with two attached hydrogens (primary N) is 1. The first-order valence-electron chi connectivity index (χ1n) is 20.4. The molecule has 2 aromatic carbocycles. The number of rotatable bonds is 11. The lowest BCUT2D eigenvalue weighted by Gasteiger charge is -2.37. The molecule has 0 atom stereocenters. The number of imidazole rings is 2. The lowest BCUT2D eigenvalue weighted by Crippen LogP contribution is -2.48. The van der Waals surface area contributed by atoms with Crippen LogP contribution >= 0.6 is 69.9 Å². The van der Waals surface area contributed by atoms with Gasteiger partial charge in [0.05, 0.1) is 32.0 Å². The van der Waals surface area contributed by atoms with Gasteiger partial charge in [-0.25, -0.2) is 19.9 Å². The van der Waals surface area contributed by atoms with Crippen molar-refractivity contribution in [3.8, 4) is 0 Å². The minimum atomic E-state index is -1.16. The van der Waals surface area contributed by atoms with E-state index in [1.807, 2.05) is 31.2 Å². The quantitative estimate of drug-likeness (QED) is 0.0943. The maximum atomic E-state index is 6.38. The molecule has 8 rings (SSSR count). The fourth-order valence-corrected chi connectivity index (χ4v) is 10.2. The number of fused-ring (bicyclic) bond motifs is 2. The Labute approximate surface area is 387 Å². The van der Waals surface area contributed by atoms with E-state index >= 15 is 0 Å². The molecule has 0 saturated carbocycles. The largest absolute Gasteiger partial charge is 0.361 e. The zero-order chi connectivity index (χ0) is 43.7. The minimum absolute atomic E-state index is 0.102. The summed E-state index contributed by atoms with van der Waals surface area (Å²) in [5.41, 5.74) is 9.94. The summed E-state index contributed by atoms with van der Waals surface area (Å²) in [4.78, 5) is 38.0. The molecule has 6 heterocycles. The zero-order valence-electron chi connectivity index (χ0n) is 35.7. The van der Waals surface area contributed by atoms with Crippen LogP contribution in [0.1, 0.15) is 52.1 Å². The second-order valence-corrected chi connectivity index (χ2v) is 27.3. The van der Waals surface area contributed by atoms with Gasteiger partial charge in [-0.1, -0.05) is 116 Å². The van der Waals surface area contributed by atoms with Crippen LogP contribution in [0.2, 0.25) is 45.8 Å². The summed E-state index contributed by atoms with van der Waals surface area (Å²) in [6, 6.07) is 12.3. The van der Waals surface area contributed by atoms with Crippen molar-refractivity contribution in [1.29, 1.82) is 0 Å². The van der Waals surface area contributed by atoms with Gasteiger partial charge in [0.2, 0.25) is 17.5 Å². The summed E-state index contributed by atoms with van der Waals surface area (Å²) >= 11 is 27.8. The number of aromatic amines is 1. The number of piperidine rings is 2. The van der Waals surface area contributed by atoms with E-state index in [-0.39, 0.29) is 5.54 Å². The highest BCUT2D eigenvalue weighted by Crippen LogP contribution is 2.39. The maximum absolute atomic E-state index is 6.38. The van der Waals surface area contributed by atoms with Crippen molar-refractivity contribution < 1.29 is 4.74 Å². The first-order valence-corrected chi connectivity index (χ1v) is 27.3. The monoisotopic (exact) mass is 959 g/mol. The molecule has 2 fully saturated rings. The number of H-pyrrole nitrogens is 1. The van der Waals surface area contributed by atoms with Crippen LogP contribution in [-0.2, 0) is 11.5 Å². The van der Waals surface area contributed by atoms with Crippen molar-refractivity contribution in [2.24, 2.45) is 11.1 Å². The first kappa shape index (κ1) is 46.1. The molecule has 3 N–H and O–H groups in total. The van der Waals surface area contributed by atoms with Crippen molar-refractivity contribution in [1.82, 2.24) is 39.5 Å². The van der Waals surface area contributed by atoms with Crippen molar-refractivity contribution in [2.75, 3.05) is 42.6 Å².